The van der Waals surface area contributed by atoms with Crippen molar-refractivity contribution in [2.75, 3.05) is 12.1 Å². The van der Waals surface area contributed by atoms with Crippen LogP contribution in [0.2, 0.25) is 0 Å². The van der Waals surface area contributed by atoms with Crippen LogP contribution >= 0.6 is 0 Å². The zero-order valence-electron chi connectivity index (χ0n) is 10.8. The van der Waals surface area contributed by atoms with Gasteiger partial charge in [0.15, 0.2) is 11.5 Å². The van der Waals surface area contributed by atoms with Gasteiger partial charge in [-0.05, 0) is 25.1 Å². The molecule has 0 bridgehead atoms. The largest absolute Gasteiger partial charge is 0.478 e. The molecule has 20 heavy (non-hydrogen) atoms. The molecule has 0 radical (unpaired) electrons. The van der Waals surface area contributed by atoms with Crippen molar-refractivity contribution in [2.45, 2.75) is 13.5 Å². The van der Waals surface area contributed by atoms with E-state index in [0.717, 1.165) is 11.4 Å². The van der Waals surface area contributed by atoms with Crippen molar-refractivity contribution in [2.24, 2.45) is 0 Å². The molecule has 0 amide bonds. The molecule has 0 aliphatic carbocycles. The minimum absolute atomic E-state index is 0.187. The van der Waals surface area contributed by atoms with Crippen LogP contribution in [-0.4, -0.2) is 17.9 Å². The molecule has 1 aliphatic heterocycles. The highest BCUT2D eigenvalue weighted by Gasteiger charge is 2.15. The van der Waals surface area contributed by atoms with Crippen molar-refractivity contribution in [3.8, 4) is 11.5 Å². The van der Waals surface area contributed by atoms with E-state index in [2.05, 4.69) is 5.32 Å². The minimum Gasteiger partial charge on any atom is -0.478 e. The van der Waals surface area contributed by atoms with Crippen LogP contribution in [0.15, 0.2) is 28.7 Å². The van der Waals surface area contributed by atoms with Gasteiger partial charge < -0.3 is 24.3 Å². The highest BCUT2D eigenvalue weighted by Crippen LogP contribution is 2.34. The van der Waals surface area contributed by atoms with Gasteiger partial charge in [-0.1, -0.05) is 0 Å². The molecule has 0 saturated carbocycles. The molecule has 6 heteroatoms. The normalized spacial score (nSPS) is 12.4. The van der Waals surface area contributed by atoms with Gasteiger partial charge in [0, 0.05) is 11.8 Å². The molecule has 0 atom stereocenters. The van der Waals surface area contributed by atoms with Crippen molar-refractivity contribution in [3.63, 3.8) is 0 Å². The molecule has 3 rings (SSSR count). The number of anilines is 1. The first-order valence-corrected chi connectivity index (χ1v) is 6.09. The van der Waals surface area contributed by atoms with E-state index >= 15 is 0 Å². The molecule has 2 aromatic rings. The average Bonchev–Trinajstić information content (AvgIpc) is 3.01. The summed E-state index contributed by atoms with van der Waals surface area (Å²) in [6.07, 6.45) is 0. The Morgan fingerprint density at radius 1 is 1.30 bits per heavy atom. The van der Waals surface area contributed by atoms with Crippen LogP contribution in [0.5, 0.6) is 11.5 Å². The van der Waals surface area contributed by atoms with E-state index in [1.807, 2.05) is 18.2 Å². The molecular weight excluding hydrogens is 262 g/mol. The van der Waals surface area contributed by atoms with Gasteiger partial charge in [-0.25, -0.2) is 4.79 Å². The molecule has 104 valence electrons. The van der Waals surface area contributed by atoms with Crippen LogP contribution < -0.4 is 14.8 Å². The molecule has 0 spiro atoms. The number of ether oxygens (including phenoxy) is 2. The second-order valence-electron chi connectivity index (χ2n) is 4.41. The van der Waals surface area contributed by atoms with Crippen molar-refractivity contribution < 1.29 is 23.8 Å². The van der Waals surface area contributed by atoms with E-state index in [1.165, 1.54) is 6.07 Å². The number of carboxylic acid groups (broad SMARTS) is 1. The fraction of sp³-hybridized carbons (Fsp3) is 0.214. The lowest BCUT2D eigenvalue weighted by Gasteiger charge is -2.05. The molecule has 2 N–H and O–H groups in total. The molecule has 0 unspecified atom stereocenters. The van der Waals surface area contributed by atoms with Gasteiger partial charge in [0.05, 0.1) is 6.54 Å². The summed E-state index contributed by atoms with van der Waals surface area (Å²) in [7, 11) is 0. The van der Waals surface area contributed by atoms with Crippen LogP contribution in [0, 0.1) is 6.92 Å². The molecule has 6 nitrogen and oxygen atoms in total. The number of furan rings is 1. The summed E-state index contributed by atoms with van der Waals surface area (Å²) in [6, 6.07) is 7.04. The van der Waals surface area contributed by atoms with Crippen molar-refractivity contribution in [1.29, 1.82) is 0 Å². The number of rotatable bonds is 4. The first-order valence-electron chi connectivity index (χ1n) is 6.09. The maximum Gasteiger partial charge on any atom is 0.339 e. The van der Waals surface area contributed by atoms with Gasteiger partial charge >= 0.3 is 5.97 Å². The molecule has 1 aliphatic rings. The summed E-state index contributed by atoms with van der Waals surface area (Å²) in [4.78, 5) is 10.9. The SMILES string of the molecule is Cc1oc(CNc2ccc3c(c2)OCO3)cc1C(=O)O. The van der Waals surface area contributed by atoms with E-state index in [9.17, 15) is 4.79 Å². The summed E-state index contributed by atoms with van der Waals surface area (Å²) in [6.45, 7) is 2.26. The monoisotopic (exact) mass is 275 g/mol. The maximum atomic E-state index is 10.9. The first-order chi connectivity index (χ1) is 9.63. The van der Waals surface area contributed by atoms with Crippen LogP contribution in [0.25, 0.3) is 0 Å². The Balaban J connectivity index is 1.70. The number of nitrogens with one attached hydrogen (secondary N) is 1. The third kappa shape index (κ3) is 2.27. The van der Waals surface area contributed by atoms with Gasteiger partial charge in [0.25, 0.3) is 0 Å². The third-order valence-electron chi connectivity index (χ3n) is 3.04. The lowest BCUT2D eigenvalue weighted by atomic mass is 10.2. The highest BCUT2D eigenvalue weighted by molar-refractivity contribution is 5.88. The lowest BCUT2D eigenvalue weighted by molar-refractivity contribution is 0.0695. The van der Waals surface area contributed by atoms with Crippen LogP contribution in [0.3, 0.4) is 0 Å². The Bertz CT molecular complexity index is 662. The van der Waals surface area contributed by atoms with Gasteiger partial charge in [0.2, 0.25) is 6.79 Å². The fourth-order valence-electron chi connectivity index (χ4n) is 2.04. The number of benzene rings is 1. The summed E-state index contributed by atoms with van der Waals surface area (Å²) in [5, 5.41) is 12.1. The number of aromatic carboxylic acids is 1. The smallest absolute Gasteiger partial charge is 0.339 e. The molecule has 1 aromatic carbocycles. The van der Waals surface area contributed by atoms with E-state index in [-0.39, 0.29) is 12.4 Å². The Morgan fingerprint density at radius 3 is 2.85 bits per heavy atom. The Kier molecular flexibility index (Phi) is 2.98. The molecule has 0 saturated heterocycles. The number of aryl methyl sites for hydroxylation is 1. The molecule has 1 aromatic heterocycles. The lowest BCUT2D eigenvalue weighted by Crippen LogP contribution is -1.98. The summed E-state index contributed by atoms with van der Waals surface area (Å²) >= 11 is 0. The average molecular weight is 275 g/mol. The number of hydrogen-bond donors (Lipinski definition) is 2. The zero-order chi connectivity index (χ0) is 14.1. The second kappa shape index (κ2) is 4.80. The first kappa shape index (κ1) is 12.4. The van der Waals surface area contributed by atoms with Gasteiger partial charge in [-0.3, -0.25) is 0 Å². The number of hydrogen-bond acceptors (Lipinski definition) is 5. The Labute approximate surface area is 114 Å². The van der Waals surface area contributed by atoms with Crippen molar-refractivity contribution >= 4 is 11.7 Å². The summed E-state index contributed by atoms with van der Waals surface area (Å²) in [5.74, 6) is 1.40. The third-order valence-corrected chi connectivity index (χ3v) is 3.04. The van der Waals surface area contributed by atoms with Crippen molar-refractivity contribution in [3.05, 3.63) is 41.3 Å². The summed E-state index contributed by atoms with van der Waals surface area (Å²) in [5.41, 5.74) is 1.03. The predicted octanol–water partition coefficient (Wildman–Crippen LogP) is 2.63. The van der Waals surface area contributed by atoms with E-state index in [4.69, 9.17) is 19.0 Å². The zero-order valence-corrected chi connectivity index (χ0v) is 10.8. The van der Waals surface area contributed by atoms with Gasteiger partial charge in [-0.15, -0.1) is 0 Å². The predicted molar refractivity (Wildman–Crippen MR) is 70.3 cm³/mol. The van der Waals surface area contributed by atoms with Gasteiger partial charge in [0.1, 0.15) is 17.1 Å². The second-order valence-corrected chi connectivity index (χ2v) is 4.41. The Morgan fingerprint density at radius 2 is 2.10 bits per heavy atom. The standard InChI is InChI=1S/C14H13NO5/c1-8-11(14(16)17)5-10(20-8)6-15-9-2-3-12-13(4-9)19-7-18-12/h2-5,15H,6-7H2,1H3,(H,16,17). The van der Waals surface area contributed by atoms with Crippen LogP contribution in [-0.2, 0) is 6.54 Å². The summed E-state index contributed by atoms with van der Waals surface area (Å²) < 4.78 is 15.9. The topological polar surface area (TPSA) is 80.9 Å². The van der Waals surface area contributed by atoms with E-state index in [1.54, 1.807) is 6.92 Å². The van der Waals surface area contributed by atoms with E-state index < -0.39 is 5.97 Å². The number of fused-ring (bicyclic) bond motifs is 1. The van der Waals surface area contributed by atoms with Crippen molar-refractivity contribution in [1.82, 2.24) is 0 Å². The fourth-order valence-corrected chi connectivity index (χ4v) is 2.04. The number of carbonyl (C=O) groups is 1. The molecular formula is C14H13NO5. The molecule has 2 heterocycles. The maximum absolute atomic E-state index is 10.9. The Hall–Kier alpha value is -2.63. The van der Waals surface area contributed by atoms with Crippen LogP contribution in [0.4, 0.5) is 5.69 Å². The molecule has 0 fully saturated rings. The van der Waals surface area contributed by atoms with Crippen LogP contribution in [0.1, 0.15) is 21.9 Å². The van der Waals surface area contributed by atoms with Gasteiger partial charge in [-0.2, -0.15) is 0 Å². The quantitative estimate of drug-likeness (QED) is 0.892. The minimum atomic E-state index is -0.986. The highest BCUT2D eigenvalue weighted by atomic mass is 16.7. The van der Waals surface area contributed by atoms with E-state index in [0.29, 0.717) is 23.8 Å². The number of carboxylic acids is 1.